The lowest BCUT2D eigenvalue weighted by atomic mass is 9.66. The van der Waals surface area contributed by atoms with Crippen LogP contribution in [0.4, 0.5) is 0 Å². The molecule has 2 rings (SSSR count). The highest BCUT2D eigenvalue weighted by molar-refractivity contribution is 9.10. The van der Waals surface area contributed by atoms with E-state index in [1.807, 2.05) is 12.1 Å². The van der Waals surface area contributed by atoms with Crippen molar-refractivity contribution in [2.24, 2.45) is 5.41 Å². The van der Waals surface area contributed by atoms with Gasteiger partial charge in [0.1, 0.15) is 5.75 Å². The Morgan fingerprint density at radius 2 is 2.19 bits per heavy atom. The number of rotatable bonds is 4. The average molecular weight is 285 g/mol. The van der Waals surface area contributed by atoms with E-state index in [9.17, 15) is 5.11 Å². The summed E-state index contributed by atoms with van der Waals surface area (Å²) in [4.78, 5) is 0. The molecule has 0 atom stereocenters. The monoisotopic (exact) mass is 284 g/mol. The van der Waals surface area contributed by atoms with Crippen molar-refractivity contribution in [3.8, 4) is 5.75 Å². The van der Waals surface area contributed by atoms with Crippen molar-refractivity contribution in [2.45, 2.75) is 25.7 Å². The van der Waals surface area contributed by atoms with Crippen LogP contribution in [-0.2, 0) is 6.42 Å². The number of aliphatic hydroxyl groups is 1. The van der Waals surface area contributed by atoms with E-state index < -0.39 is 0 Å². The van der Waals surface area contributed by atoms with E-state index >= 15 is 0 Å². The molecule has 1 aromatic carbocycles. The van der Waals surface area contributed by atoms with Crippen LogP contribution in [0.15, 0.2) is 22.7 Å². The molecule has 0 aromatic heterocycles. The molecule has 0 saturated heterocycles. The second-order valence-electron chi connectivity index (χ2n) is 4.65. The standard InChI is InChI=1S/C13H17BrO2/c1-16-11-3-4-12(14)10(7-11)8-13(9-15)5-2-6-13/h3-4,7,15H,2,5-6,8-9H2,1H3. The summed E-state index contributed by atoms with van der Waals surface area (Å²) < 4.78 is 6.33. The van der Waals surface area contributed by atoms with Gasteiger partial charge in [0.2, 0.25) is 0 Å². The van der Waals surface area contributed by atoms with Crippen molar-refractivity contribution >= 4 is 15.9 Å². The molecule has 88 valence electrons. The maximum absolute atomic E-state index is 9.47. The van der Waals surface area contributed by atoms with Crippen LogP contribution in [0.25, 0.3) is 0 Å². The van der Waals surface area contributed by atoms with Gasteiger partial charge in [-0.25, -0.2) is 0 Å². The van der Waals surface area contributed by atoms with Gasteiger partial charge in [-0.2, -0.15) is 0 Å². The predicted molar refractivity (Wildman–Crippen MR) is 67.8 cm³/mol. The Labute approximate surface area is 105 Å². The minimum absolute atomic E-state index is 0.120. The van der Waals surface area contributed by atoms with Crippen LogP contribution in [0.1, 0.15) is 24.8 Å². The zero-order valence-corrected chi connectivity index (χ0v) is 11.1. The molecule has 0 amide bonds. The molecule has 0 bridgehead atoms. The Balaban J connectivity index is 2.19. The van der Waals surface area contributed by atoms with Gasteiger partial charge in [0.05, 0.1) is 7.11 Å². The first-order valence-corrected chi connectivity index (χ1v) is 6.42. The first-order chi connectivity index (χ1) is 7.69. The molecule has 2 nitrogen and oxygen atoms in total. The summed E-state index contributed by atoms with van der Waals surface area (Å²) in [5.41, 5.74) is 1.35. The highest BCUT2D eigenvalue weighted by atomic mass is 79.9. The Morgan fingerprint density at radius 3 is 2.69 bits per heavy atom. The van der Waals surface area contributed by atoms with Crippen molar-refractivity contribution < 1.29 is 9.84 Å². The fourth-order valence-corrected chi connectivity index (χ4v) is 2.67. The number of ether oxygens (including phenoxy) is 1. The first kappa shape index (κ1) is 11.9. The van der Waals surface area contributed by atoms with E-state index in [1.165, 1.54) is 12.0 Å². The van der Waals surface area contributed by atoms with Gasteiger partial charge in [-0.3, -0.25) is 0 Å². The van der Waals surface area contributed by atoms with Gasteiger partial charge in [-0.1, -0.05) is 22.4 Å². The molecule has 1 aliphatic rings. The smallest absolute Gasteiger partial charge is 0.119 e. The van der Waals surface area contributed by atoms with E-state index in [2.05, 4.69) is 22.0 Å². The maximum Gasteiger partial charge on any atom is 0.119 e. The average Bonchev–Trinajstić information content (AvgIpc) is 2.26. The predicted octanol–water partition coefficient (Wildman–Crippen LogP) is 3.16. The van der Waals surface area contributed by atoms with E-state index in [1.54, 1.807) is 7.11 Å². The van der Waals surface area contributed by atoms with Gasteiger partial charge in [-0.05, 0) is 48.4 Å². The van der Waals surface area contributed by atoms with Crippen LogP contribution >= 0.6 is 15.9 Å². The summed E-state index contributed by atoms with van der Waals surface area (Å²) in [7, 11) is 1.68. The number of hydrogen-bond donors (Lipinski definition) is 1. The Bertz CT molecular complexity index is 367. The van der Waals surface area contributed by atoms with E-state index in [4.69, 9.17) is 4.74 Å². The van der Waals surface area contributed by atoms with Crippen molar-refractivity contribution in [3.05, 3.63) is 28.2 Å². The number of hydrogen-bond acceptors (Lipinski definition) is 2. The molecule has 0 aliphatic heterocycles. The second kappa shape index (κ2) is 4.76. The third kappa shape index (κ3) is 2.25. The molecule has 1 fully saturated rings. The summed E-state index contributed by atoms with van der Waals surface area (Å²) in [5, 5.41) is 9.47. The summed E-state index contributed by atoms with van der Waals surface area (Å²) in [5.74, 6) is 0.880. The van der Waals surface area contributed by atoms with E-state index in [0.29, 0.717) is 0 Å². The summed E-state index contributed by atoms with van der Waals surface area (Å²) in [6.07, 6.45) is 4.43. The minimum atomic E-state index is 0.120. The molecule has 16 heavy (non-hydrogen) atoms. The highest BCUT2D eigenvalue weighted by Gasteiger charge is 2.36. The third-order valence-electron chi connectivity index (χ3n) is 3.57. The minimum Gasteiger partial charge on any atom is -0.497 e. The molecule has 0 heterocycles. The van der Waals surface area contributed by atoms with Crippen LogP contribution in [-0.4, -0.2) is 18.8 Å². The van der Waals surface area contributed by atoms with E-state index in [0.717, 1.165) is 29.5 Å². The highest BCUT2D eigenvalue weighted by Crippen LogP contribution is 2.44. The molecule has 1 aliphatic carbocycles. The number of benzene rings is 1. The summed E-state index contributed by atoms with van der Waals surface area (Å²) in [6.45, 7) is 0.288. The quantitative estimate of drug-likeness (QED) is 0.920. The molecule has 0 radical (unpaired) electrons. The van der Waals surface area contributed by atoms with Gasteiger partial charge in [0.15, 0.2) is 0 Å². The second-order valence-corrected chi connectivity index (χ2v) is 5.50. The molecule has 1 aromatic rings. The molecule has 0 spiro atoms. The summed E-state index contributed by atoms with van der Waals surface area (Å²) in [6, 6.07) is 6.01. The number of halogens is 1. The van der Waals surface area contributed by atoms with Crippen molar-refractivity contribution in [2.75, 3.05) is 13.7 Å². The van der Waals surface area contributed by atoms with Crippen molar-refractivity contribution in [1.82, 2.24) is 0 Å². The normalized spacial score (nSPS) is 17.9. The molecule has 1 N–H and O–H groups in total. The molecular formula is C13H17BrO2. The number of aliphatic hydroxyl groups excluding tert-OH is 1. The molecular weight excluding hydrogens is 268 g/mol. The zero-order chi connectivity index (χ0) is 11.6. The fourth-order valence-electron chi connectivity index (χ4n) is 2.29. The van der Waals surface area contributed by atoms with E-state index in [-0.39, 0.29) is 12.0 Å². The lowest BCUT2D eigenvalue weighted by molar-refractivity contribution is 0.0448. The van der Waals surface area contributed by atoms with Gasteiger partial charge < -0.3 is 9.84 Å². The van der Waals surface area contributed by atoms with Crippen LogP contribution in [0.2, 0.25) is 0 Å². The van der Waals surface area contributed by atoms with Crippen molar-refractivity contribution in [1.29, 1.82) is 0 Å². The topological polar surface area (TPSA) is 29.5 Å². The Hall–Kier alpha value is -0.540. The fraction of sp³-hybridized carbons (Fsp3) is 0.538. The summed E-state index contributed by atoms with van der Waals surface area (Å²) >= 11 is 3.56. The van der Waals surface area contributed by atoms with Crippen molar-refractivity contribution in [3.63, 3.8) is 0 Å². The Morgan fingerprint density at radius 1 is 1.44 bits per heavy atom. The number of methoxy groups -OCH3 is 1. The van der Waals surface area contributed by atoms with Gasteiger partial charge in [-0.15, -0.1) is 0 Å². The van der Waals surface area contributed by atoms with Crippen LogP contribution in [0.3, 0.4) is 0 Å². The van der Waals surface area contributed by atoms with Crippen LogP contribution in [0.5, 0.6) is 5.75 Å². The lowest BCUT2D eigenvalue weighted by Crippen LogP contribution is -2.35. The molecule has 3 heteroatoms. The first-order valence-electron chi connectivity index (χ1n) is 5.62. The molecule has 0 unspecified atom stereocenters. The maximum atomic E-state index is 9.47. The largest absolute Gasteiger partial charge is 0.497 e. The lowest BCUT2D eigenvalue weighted by Gasteiger charge is -2.40. The van der Waals surface area contributed by atoms with Crippen LogP contribution < -0.4 is 4.74 Å². The van der Waals surface area contributed by atoms with Gasteiger partial charge in [0.25, 0.3) is 0 Å². The molecule has 1 saturated carbocycles. The van der Waals surface area contributed by atoms with Gasteiger partial charge in [0, 0.05) is 11.1 Å². The Kier molecular flexibility index (Phi) is 3.55. The van der Waals surface area contributed by atoms with Gasteiger partial charge >= 0.3 is 0 Å². The zero-order valence-electron chi connectivity index (χ0n) is 9.50. The third-order valence-corrected chi connectivity index (χ3v) is 4.34. The van der Waals surface area contributed by atoms with Crippen LogP contribution in [0, 0.1) is 5.41 Å². The SMILES string of the molecule is COc1ccc(Br)c(CC2(CO)CCC2)c1.